The molecule has 3 N–H and O–H groups in total. The van der Waals surface area contributed by atoms with E-state index in [1.54, 1.807) is 27.0 Å². The van der Waals surface area contributed by atoms with Crippen LogP contribution in [0.25, 0.3) is 0 Å². The number of ether oxygens (including phenoxy) is 1. The van der Waals surface area contributed by atoms with E-state index >= 15 is 0 Å². The quantitative estimate of drug-likeness (QED) is 0.692. The molecule has 0 saturated heterocycles. The van der Waals surface area contributed by atoms with Crippen molar-refractivity contribution in [2.75, 3.05) is 13.1 Å². The van der Waals surface area contributed by atoms with Gasteiger partial charge < -0.3 is 20.7 Å². The summed E-state index contributed by atoms with van der Waals surface area (Å²) in [5.41, 5.74) is 0.773. The molecule has 1 saturated carbocycles. The Hall–Kier alpha value is -1.72. The van der Waals surface area contributed by atoms with Crippen molar-refractivity contribution >= 4 is 12.1 Å². The number of alkyl carbamates (subject to hydrolysis) is 1. The molecule has 0 heterocycles. The van der Waals surface area contributed by atoms with Crippen molar-refractivity contribution in [3.05, 3.63) is 11.8 Å². The van der Waals surface area contributed by atoms with Gasteiger partial charge in [-0.1, -0.05) is 5.57 Å². The molecular weight excluding hydrogens is 258 g/mol. The lowest BCUT2D eigenvalue weighted by atomic mass is 10.2. The fourth-order valence-electron chi connectivity index (χ4n) is 1.85. The predicted molar refractivity (Wildman–Crippen MR) is 77.3 cm³/mol. The van der Waals surface area contributed by atoms with E-state index in [1.165, 1.54) is 18.4 Å². The number of nitrogens with one attached hydrogen (secondary N) is 3. The van der Waals surface area contributed by atoms with Crippen molar-refractivity contribution in [3.63, 3.8) is 0 Å². The summed E-state index contributed by atoms with van der Waals surface area (Å²) in [4.78, 5) is 22.8. The molecule has 0 aromatic rings. The molecule has 0 aromatic heterocycles. The maximum atomic E-state index is 11.5. The highest BCUT2D eigenvalue weighted by Gasteiger charge is 2.15. The Balaban J connectivity index is 2.07. The zero-order chi connectivity index (χ0) is 15.0. The molecule has 0 bridgehead atoms. The first-order chi connectivity index (χ1) is 9.37. The number of amides is 3. The van der Waals surface area contributed by atoms with Crippen LogP contribution >= 0.6 is 0 Å². The molecule has 0 spiro atoms. The van der Waals surface area contributed by atoms with E-state index in [9.17, 15) is 9.59 Å². The first-order valence-corrected chi connectivity index (χ1v) is 7.06. The third-order valence-corrected chi connectivity index (χ3v) is 2.73. The lowest BCUT2D eigenvalue weighted by Gasteiger charge is -2.19. The number of carbonyl (C=O) groups is 2. The zero-order valence-corrected chi connectivity index (χ0v) is 12.5. The Morgan fingerprint density at radius 2 is 1.75 bits per heavy atom. The van der Waals surface area contributed by atoms with Gasteiger partial charge in [-0.05, 0) is 46.5 Å². The molecular formula is C14H25N3O3. The summed E-state index contributed by atoms with van der Waals surface area (Å²) in [6.07, 6.45) is 5.85. The molecule has 1 aliphatic carbocycles. The topological polar surface area (TPSA) is 79.5 Å². The van der Waals surface area contributed by atoms with Crippen molar-refractivity contribution in [2.24, 2.45) is 0 Å². The predicted octanol–water partition coefficient (Wildman–Crippen LogP) is 2.27. The van der Waals surface area contributed by atoms with Crippen LogP contribution in [0.5, 0.6) is 0 Å². The molecule has 3 amide bonds. The lowest BCUT2D eigenvalue weighted by Crippen LogP contribution is -2.40. The Morgan fingerprint density at radius 1 is 1.15 bits per heavy atom. The van der Waals surface area contributed by atoms with Crippen LogP contribution in [0, 0.1) is 0 Å². The molecule has 114 valence electrons. The van der Waals surface area contributed by atoms with Crippen molar-refractivity contribution in [2.45, 2.75) is 52.1 Å². The molecule has 0 atom stereocenters. The normalized spacial score (nSPS) is 14.7. The van der Waals surface area contributed by atoms with Crippen molar-refractivity contribution in [1.82, 2.24) is 16.0 Å². The molecule has 0 radical (unpaired) electrons. The average molecular weight is 283 g/mol. The third-order valence-electron chi connectivity index (χ3n) is 2.73. The van der Waals surface area contributed by atoms with E-state index in [0.29, 0.717) is 13.1 Å². The standard InChI is InChI=1S/C14H25N3O3/c1-14(2,3)20-13(19)16-9-8-15-12(18)17-10-11-6-4-5-7-11/h10H,4-9H2,1-3H3,(H,16,19)(H2,15,17,18). The van der Waals surface area contributed by atoms with Crippen LogP contribution < -0.4 is 16.0 Å². The van der Waals surface area contributed by atoms with Gasteiger partial charge in [-0.15, -0.1) is 0 Å². The summed E-state index contributed by atoms with van der Waals surface area (Å²) in [7, 11) is 0. The van der Waals surface area contributed by atoms with Crippen LogP contribution in [0.15, 0.2) is 11.8 Å². The summed E-state index contributed by atoms with van der Waals surface area (Å²) in [6.45, 7) is 6.09. The van der Waals surface area contributed by atoms with Crippen LogP contribution in [0.3, 0.4) is 0 Å². The third kappa shape index (κ3) is 7.66. The second-order valence-corrected chi connectivity index (χ2v) is 5.84. The molecule has 1 fully saturated rings. The molecule has 1 rings (SSSR count). The van der Waals surface area contributed by atoms with Gasteiger partial charge in [-0.2, -0.15) is 0 Å². The minimum absolute atomic E-state index is 0.254. The van der Waals surface area contributed by atoms with Crippen LogP contribution in [0.4, 0.5) is 9.59 Å². The number of allylic oxidation sites excluding steroid dienone is 1. The monoisotopic (exact) mass is 283 g/mol. The van der Waals surface area contributed by atoms with Gasteiger partial charge >= 0.3 is 12.1 Å². The van der Waals surface area contributed by atoms with Gasteiger partial charge in [0.05, 0.1) is 0 Å². The van der Waals surface area contributed by atoms with E-state index in [-0.39, 0.29) is 6.03 Å². The largest absolute Gasteiger partial charge is 0.444 e. The highest BCUT2D eigenvalue weighted by molar-refractivity contribution is 5.75. The van der Waals surface area contributed by atoms with Gasteiger partial charge in [0.25, 0.3) is 0 Å². The van der Waals surface area contributed by atoms with Crippen LogP contribution in [0.2, 0.25) is 0 Å². The fourth-order valence-corrected chi connectivity index (χ4v) is 1.85. The second kappa shape index (κ2) is 7.77. The van der Waals surface area contributed by atoms with E-state index in [4.69, 9.17) is 4.74 Å². The van der Waals surface area contributed by atoms with Crippen LogP contribution in [-0.4, -0.2) is 30.8 Å². The van der Waals surface area contributed by atoms with E-state index in [0.717, 1.165) is 12.8 Å². The van der Waals surface area contributed by atoms with Gasteiger partial charge in [0.2, 0.25) is 0 Å². The minimum atomic E-state index is -0.512. The Labute approximate surface area is 120 Å². The van der Waals surface area contributed by atoms with Crippen LogP contribution in [-0.2, 0) is 4.74 Å². The SMILES string of the molecule is CC(C)(C)OC(=O)NCCNC(=O)NC=C1CCCC1. The van der Waals surface area contributed by atoms with E-state index in [1.807, 2.05) is 0 Å². The molecule has 0 unspecified atom stereocenters. The first-order valence-electron chi connectivity index (χ1n) is 7.06. The number of rotatable bonds is 4. The van der Waals surface area contributed by atoms with Gasteiger partial charge in [0.15, 0.2) is 0 Å². The molecule has 6 heteroatoms. The van der Waals surface area contributed by atoms with E-state index in [2.05, 4.69) is 16.0 Å². The molecule has 0 aromatic carbocycles. The van der Waals surface area contributed by atoms with Crippen molar-refractivity contribution in [3.8, 4) is 0 Å². The number of urea groups is 1. The average Bonchev–Trinajstić information content (AvgIpc) is 2.83. The maximum absolute atomic E-state index is 11.5. The van der Waals surface area contributed by atoms with Crippen molar-refractivity contribution in [1.29, 1.82) is 0 Å². The smallest absolute Gasteiger partial charge is 0.407 e. The van der Waals surface area contributed by atoms with Gasteiger partial charge in [0, 0.05) is 19.3 Å². The first kappa shape index (κ1) is 16.3. The summed E-state index contributed by atoms with van der Waals surface area (Å²) in [6, 6.07) is -0.254. The zero-order valence-electron chi connectivity index (χ0n) is 12.5. The highest BCUT2D eigenvalue weighted by atomic mass is 16.6. The summed E-state index contributed by atoms with van der Waals surface area (Å²) in [5.74, 6) is 0. The maximum Gasteiger partial charge on any atom is 0.407 e. The Morgan fingerprint density at radius 3 is 2.35 bits per heavy atom. The molecule has 6 nitrogen and oxygen atoms in total. The van der Waals surface area contributed by atoms with Gasteiger partial charge in [0.1, 0.15) is 5.60 Å². The van der Waals surface area contributed by atoms with E-state index < -0.39 is 11.7 Å². The van der Waals surface area contributed by atoms with Gasteiger partial charge in [-0.25, -0.2) is 9.59 Å². The number of hydrogen-bond acceptors (Lipinski definition) is 3. The Bertz CT molecular complexity index is 364. The second-order valence-electron chi connectivity index (χ2n) is 5.84. The number of carbonyl (C=O) groups excluding carboxylic acids is 2. The minimum Gasteiger partial charge on any atom is -0.444 e. The molecule has 1 aliphatic rings. The summed E-state index contributed by atoms with van der Waals surface area (Å²) in [5, 5.41) is 7.93. The van der Waals surface area contributed by atoms with Crippen molar-refractivity contribution < 1.29 is 14.3 Å². The van der Waals surface area contributed by atoms with Crippen LogP contribution in [0.1, 0.15) is 46.5 Å². The lowest BCUT2D eigenvalue weighted by molar-refractivity contribution is 0.0528. The Kier molecular flexibility index (Phi) is 6.35. The van der Waals surface area contributed by atoms with Gasteiger partial charge in [-0.3, -0.25) is 0 Å². The number of hydrogen-bond donors (Lipinski definition) is 3. The summed E-state index contributed by atoms with van der Waals surface area (Å²) >= 11 is 0. The fraction of sp³-hybridized carbons (Fsp3) is 0.714. The molecule has 20 heavy (non-hydrogen) atoms. The summed E-state index contributed by atoms with van der Waals surface area (Å²) < 4.78 is 5.07. The highest BCUT2D eigenvalue weighted by Crippen LogP contribution is 2.22. The molecule has 0 aliphatic heterocycles.